The molecule has 6 aromatic heterocycles. The maximum atomic E-state index is 15.8. The van der Waals surface area contributed by atoms with Crippen molar-refractivity contribution in [2.24, 2.45) is 0 Å². The molecule has 0 spiro atoms. The first-order valence-corrected chi connectivity index (χ1v) is 29.0. The summed E-state index contributed by atoms with van der Waals surface area (Å²) in [5, 5.41) is 22.3. The molecular weight excluding hydrogens is 1520 g/mol. The average molecular weight is 1570 g/mol. The molecule has 0 amide bonds. The number of pyridine rings is 3. The number of aliphatic hydroxyl groups is 2. The fraction of sp³-hybridized carbons (Fsp3) is 0.101. The van der Waals surface area contributed by atoms with Gasteiger partial charge in [0, 0.05) is 130 Å². The molecule has 0 saturated heterocycles. The van der Waals surface area contributed by atoms with Crippen molar-refractivity contribution in [3.05, 3.63) is 336 Å². The molecule has 2 N–H and O–H groups in total. The molecule has 11 aromatic rings. The van der Waals surface area contributed by atoms with Crippen molar-refractivity contribution in [2.45, 2.75) is 43.8 Å². The number of rotatable bonds is 11. The molecule has 507 valence electrons. The van der Waals surface area contributed by atoms with Crippen LogP contribution < -0.4 is 0 Å². The lowest BCUT2D eigenvalue weighted by molar-refractivity contribution is -0.175. The van der Waals surface area contributed by atoms with E-state index in [0.717, 1.165) is 109 Å². The molecule has 3 radical (unpaired) electrons. The Morgan fingerprint density at radius 2 is 0.737 bits per heavy atom. The second kappa shape index (κ2) is 36.0. The van der Waals surface area contributed by atoms with Crippen molar-refractivity contribution in [3.63, 3.8) is 0 Å². The van der Waals surface area contributed by atoms with E-state index in [-0.39, 0.29) is 34.6 Å². The van der Waals surface area contributed by atoms with Crippen molar-refractivity contribution in [3.8, 4) is 24.2 Å². The predicted octanol–water partition coefficient (Wildman–Crippen LogP) is 16.7. The summed E-state index contributed by atoms with van der Waals surface area (Å²) in [5.74, 6) is -13.9. The zero-order chi connectivity index (χ0) is 70.0. The lowest BCUT2D eigenvalue weighted by Crippen LogP contribution is -2.45. The van der Waals surface area contributed by atoms with Gasteiger partial charge in [-0.25, -0.2) is 65.0 Å². The highest BCUT2D eigenvalue weighted by atomic mass is 79.9. The minimum absolute atomic E-state index is 0. The molecule has 0 aliphatic carbocycles. The van der Waals surface area contributed by atoms with Crippen molar-refractivity contribution in [1.82, 2.24) is 44.9 Å². The quantitative estimate of drug-likeness (QED) is 0.0544. The molecule has 5 aromatic carbocycles. The second-order valence-corrected chi connectivity index (χ2v) is 22.0. The number of Topliss-reactive ketones (excluding diaryl/α,β-unsaturated/α-hetero) is 1. The van der Waals surface area contributed by atoms with Crippen LogP contribution in [0.4, 0.5) is 61.5 Å². The summed E-state index contributed by atoms with van der Waals surface area (Å²) in [7, 11) is 0. The summed E-state index contributed by atoms with van der Waals surface area (Å²) in [6.07, 6.45) is 19.0. The number of carbonyl (C=O) groups excluding carboxylic acids is 1. The van der Waals surface area contributed by atoms with Crippen LogP contribution in [0, 0.1) is 70.7 Å². The van der Waals surface area contributed by atoms with E-state index in [4.69, 9.17) is 6.42 Å². The van der Waals surface area contributed by atoms with Crippen molar-refractivity contribution in [1.29, 1.82) is 0 Å². The number of alkyl halides is 6. The Kier molecular flexibility index (Phi) is 29.6. The molecule has 99 heavy (non-hydrogen) atoms. The van der Waals surface area contributed by atoms with Gasteiger partial charge in [0.25, 0.3) is 0 Å². The van der Waals surface area contributed by atoms with Crippen LogP contribution in [0.3, 0.4) is 0 Å². The molecule has 12 nitrogen and oxygen atoms in total. The monoisotopic (exact) mass is 1560 g/mol. The fourth-order valence-corrected chi connectivity index (χ4v) is 8.87. The number of aromatic nitrogens is 9. The summed E-state index contributed by atoms with van der Waals surface area (Å²) in [6, 6.07) is 23.5. The summed E-state index contributed by atoms with van der Waals surface area (Å²) < 4.78 is 199. The third-order valence-corrected chi connectivity index (χ3v) is 14.2. The molecule has 0 bridgehead atoms. The van der Waals surface area contributed by atoms with Crippen LogP contribution in [0.5, 0.6) is 0 Å². The Balaban J connectivity index is 0.000000285. The maximum absolute atomic E-state index is 15.8. The summed E-state index contributed by atoms with van der Waals surface area (Å²) >= 11 is 9.29. The van der Waals surface area contributed by atoms with E-state index in [1.807, 2.05) is 0 Å². The summed E-state index contributed by atoms with van der Waals surface area (Å²) in [6.45, 7) is 0. The average Bonchev–Trinajstić information content (AvgIpc) is 0.740. The molecular formula is C69H46BBr3F14N9O3. The van der Waals surface area contributed by atoms with Gasteiger partial charge in [-0.1, -0.05) is 32.6 Å². The molecule has 2 unspecified atom stereocenters. The number of terminal acetylenes is 1. The van der Waals surface area contributed by atoms with E-state index in [1.165, 1.54) is 60.9 Å². The van der Waals surface area contributed by atoms with Gasteiger partial charge in [0.15, 0.2) is 11.2 Å². The number of carbonyl (C=O) groups is 1. The van der Waals surface area contributed by atoms with Gasteiger partial charge in [0.1, 0.15) is 82.6 Å². The van der Waals surface area contributed by atoms with Crippen LogP contribution in [0.2, 0.25) is 0 Å². The van der Waals surface area contributed by atoms with Gasteiger partial charge >= 0.3 is 17.8 Å². The Bertz CT molecular complexity index is 4550. The first-order chi connectivity index (χ1) is 45.5. The number of hydrogen-bond donors (Lipinski definition) is 2. The Hall–Kier alpha value is -9.98. The number of ketones is 1. The molecule has 0 aliphatic heterocycles. The summed E-state index contributed by atoms with van der Waals surface area (Å²) in [5.41, 5.74) is -11.2. The lowest BCUT2D eigenvalue weighted by Gasteiger charge is -2.36. The molecule has 0 saturated carbocycles. The van der Waals surface area contributed by atoms with Crippen LogP contribution in [0.1, 0.15) is 81.2 Å². The third-order valence-electron chi connectivity index (χ3n) is 12.9. The van der Waals surface area contributed by atoms with Crippen molar-refractivity contribution in [2.75, 3.05) is 0 Å². The fourth-order valence-electron chi connectivity index (χ4n) is 8.16. The minimum atomic E-state index is -4.20. The zero-order valence-corrected chi connectivity index (χ0v) is 53.4. The van der Waals surface area contributed by atoms with E-state index in [9.17, 15) is 58.9 Å². The highest BCUT2D eigenvalue weighted by Gasteiger charge is 2.60. The summed E-state index contributed by atoms with van der Waals surface area (Å²) in [4.78, 5) is 44.5. The number of halogens is 17. The largest absolute Gasteiger partial charge is 0.374 e. The molecule has 0 fully saturated rings. The zero-order valence-electron chi connectivity index (χ0n) is 48.6. The van der Waals surface area contributed by atoms with E-state index >= 15 is 17.6 Å². The van der Waals surface area contributed by atoms with Gasteiger partial charge in [-0.15, -0.1) is 6.42 Å². The normalized spacial score (nSPS) is 11.9. The molecule has 11 rings (SSSR count). The van der Waals surface area contributed by atoms with E-state index in [0.29, 0.717) is 44.3 Å². The number of nitrogens with zero attached hydrogens (tertiary/aromatic N) is 9. The van der Waals surface area contributed by atoms with E-state index in [1.54, 1.807) is 24.5 Å². The number of hydrogen-bond acceptors (Lipinski definition) is 12. The highest BCUT2D eigenvalue weighted by molar-refractivity contribution is 9.11. The van der Waals surface area contributed by atoms with Gasteiger partial charge in [0.2, 0.25) is 5.78 Å². The molecule has 2 atom stereocenters. The van der Waals surface area contributed by atoms with Gasteiger partial charge < -0.3 is 10.2 Å². The Morgan fingerprint density at radius 3 is 1.09 bits per heavy atom. The molecule has 30 heteroatoms. The van der Waals surface area contributed by atoms with Crippen LogP contribution in [-0.2, 0) is 29.0 Å². The Morgan fingerprint density at radius 1 is 0.394 bits per heavy atom. The molecule has 6 heterocycles. The minimum Gasteiger partial charge on any atom is -0.374 e. The first-order valence-electron chi connectivity index (χ1n) is 26.6. The smallest absolute Gasteiger partial charge is 0.351 e. The van der Waals surface area contributed by atoms with Crippen molar-refractivity contribution < 1.29 is 76.5 Å². The van der Waals surface area contributed by atoms with Gasteiger partial charge in [-0.05, 0) is 169 Å². The third kappa shape index (κ3) is 20.1. The van der Waals surface area contributed by atoms with Crippen molar-refractivity contribution >= 4 is 62.0 Å². The Labute approximate surface area is 583 Å². The van der Waals surface area contributed by atoms with Crippen LogP contribution in [0.15, 0.2) is 228 Å². The first kappa shape index (κ1) is 81.5. The highest BCUT2D eigenvalue weighted by Crippen LogP contribution is 2.51. The van der Waals surface area contributed by atoms with Gasteiger partial charge in [-0.2, -0.15) is 26.3 Å². The van der Waals surface area contributed by atoms with Crippen LogP contribution in [0.25, 0.3) is 0 Å². The standard InChI is InChI=1S/C25H14F5N3O.C17H10BrF4N3O.C13H6BrF4NO.C8H5F.C4H3BrN2.2CH4.B/c26-19-6-3-16(4-7-19)1-2-17-5-10-23(33-12-17)25(29,30)24(34,18-13-31-15-32-14-18)21-9-8-20(27)11-22(21)28;18-11-1-4-15(25-8-11)17(21,22)16(26,10-6-23-9-24-7-10)13-3-2-12(19)5-14(13)20;14-7-1-4-11(19-6-7)13(17,18)12(20)9-3-2-8(15)5-10(9)16;1-2-7-3-5-8(9)6-4-7;5-4-1-6-3-7-2-4;;;/h3-15,34H;1-9,26H;1-6H;1,3-6H;1-3H;2*1H4;. The van der Waals surface area contributed by atoms with E-state index < -0.39 is 120 Å². The maximum Gasteiger partial charge on any atom is 0.351 e. The SMILES string of the molecule is Brc1cncnc1.C.C.C#Cc1ccc(F)cc1.O=C(c1ccc(F)cc1F)C(F)(F)c1ccc(Br)cn1.OC(c1cncnc1)(c1ccc(F)cc1F)C(F)(F)c1ccc(Br)cn1.OC(c1cncnc1)(c1ccc(F)cc1F)C(F)(F)c1ccc(C#Cc2ccc(F)cc2)cn1.[B]. The lowest BCUT2D eigenvalue weighted by atomic mass is 9.80. The van der Waals surface area contributed by atoms with Crippen LogP contribution in [-0.4, -0.2) is 69.3 Å². The predicted molar refractivity (Wildman–Crippen MR) is 349 cm³/mol. The second-order valence-electron chi connectivity index (χ2n) is 19.2. The molecule has 0 aliphatic rings. The van der Waals surface area contributed by atoms with Gasteiger partial charge in [0.05, 0.1) is 10.0 Å². The topological polar surface area (TPSA) is 174 Å². The van der Waals surface area contributed by atoms with E-state index in [2.05, 4.69) is 110 Å². The van der Waals surface area contributed by atoms with Crippen LogP contribution >= 0.6 is 47.8 Å². The van der Waals surface area contributed by atoms with Gasteiger partial charge in [-0.3, -0.25) is 19.7 Å². The number of benzene rings is 5.